The van der Waals surface area contributed by atoms with Crippen LogP contribution in [0.15, 0.2) is 39.5 Å². The first-order chi connectivity index (χ1) is 9.08. The van der Waals surface area contributed by atoms with Crippen molar-refractivity contribution >= 4 is 33.2 Å². The number of carbonyl (C=O) groups is 1. The Hall–Kier alpha value is -1.24. The van der Waals surface area contributed by atoms with Gasteiger partial charge in [0.15, 0.2) is 0 Å². The van der Waals surface area contributed by atoms with Crippen LogP contribution in [0.3, 0.4) is 0 Å². The molecule has 0 saturated carbocycles. The number of amides is 1. The molecule has 0 fully saturated rings. The number of hydrogen-bond donors (Lipinski definition) is 2. The lowest BCUT2D eigenvalue weighted by Crippen LogP contribution is -2.33. The van der Waals surface area contributed by atoms with Crippen molar-refractivity contribution in [3.63, 3.8) is 0 Å². The highest BCUT2D eigenvalue weighted by Crippen LogP contribution is 2.21. The van der Waals surface area contributed by atoms with Crippen LogP contribution in [0.2, 0.25) is 0 Å². The third kappa shape index (κ3) is 3.62. The molecule has 1 atom stereocenters. The summed E-state index contributed by atoms with van der Waals surface area (Å²) in [5, 5.41) is 6.88. The lowest BCUT2D eigenvalue weighted by Gasteiger charge is -2.16. The van der Waals surface area contributed by atoms with Gasteiger partial charge in [0.25, 0.3) is 0 Å². The number of nitrogens with two attached hydrogens (primary N) is 1. The summed E-state index contributed by atoms with van der Waals surface area (Å²) >= 11 is 4.74. The summed E-state index contributed by atoms with van der Waals surface area (Å²) in [7, 11) is 0. The Balaban J connectivity index is 2.17. The Morgan fingerprint density at radius 1 is 1.47 bits per heavy atom. The number of thiophene rings is 1. The summed E-state index contributed by atoms with van der Waals surface area (Å²) in [6.07, 6.45) is 0. The fourth-order valence-corrected chi connectivity index (χ4v) is 2.71. The van der Waals surface area contributed by atoms with Gasteiger partial charge in [0.2, 0.25) is 5.91 Å². The molecule has 1 aromatic carbocycles. The SMILES string of the molecule is NC(=O)[C@@H](NCc1ccsc1)c1ccc(Br)cc1F. The van der Waals surface area contributed by atoms with E-state index in [1.165, 1.54) is 6.07 Å². The zero-order valence-corrected chi connectivity index (χ0v) is 12.3. The van der Waals surface area contributed by atoms with Crippen LogP contribution in [-0.4, -0.2) is 5.91 Å². The number of halogens is 2. The monoisotopic (exact) mass is 342 g/mol. The maximum Gasteiger partial charge on any atom is 0.239 e. The second-order valence-corrected chi connectivity index (χ2v) is 5.71. The lowest BCUT2D eigenvalue weighted by molar-refractivity contribution is -0.120. The Morgan fingerprint density at radius 2 is 2.26 bits per heavy atom. The minimum atomic E-state index is -0.840. The molecule has 19 heavy (non-hydrogen) atoms. The molecule has 0 saturated heterocycles. The van der Waals surface area contributed by atoms with E-state index in [1.54, 1.807) is 23.5 Å². The first kappa shape index (κ1) is 14.2. The third-order valence-corrected chi connectivity index (χ3v) is 3.87. The second-order valence-electron chi connectivity index (χ2n) is 4.01. The summed E-state index contributed by atoms with van der Waals surface area (Å²) in [5.41, 5.74) is 6.63. The summed E-state index contributed by atoms with van der Waals surface area (Å²) in [4.78, 5) is 11.5. The van der Waals surface area contributed by atoms with Crippen molar-refractivity contribution in [3.05, 3.63) is 56.4 Å². The molecule has 0 aliphatic heterocycles. The topological polar surface area (TPSA) is 55.1 Å². The van der Waals surface area contributed by atoms with Gasteiger partial charge in [-0.15, -0.1) is 0 Å². The van der Waals surface area contributed by atoms with E-state index in [-0.39, 0.29) is 5.56 Å². The van der Waals surface area contributed by atoms with Gasteiger partial charge in [0.05, 0.1) is 0 Å². The van der Waals surface area contributed by atoms with Crippen LogP contribution >= 0.6 is 27.3 Å². The lowest BCUT2D eigenvalue weighted by atomic mass is 10.1. The quantitative estimate of drug-likeness (QED) is 0.877. The molecular formula is C13H12BrFN2OS. The molecule has 0 radical (unpaired) electrons. The second kappa shape index (κ2) is 6.27. The number of hydrogen-bond acceptors (Lipinski definition) is 3. The van der Waals surface area contributed by atoms with E-state index in [1.807, 2.05) is 16.8 Å². The van der Waals surface area contributed by atoms with Crippen LogP contribution in [0, 0.1) is 5.82 Å². The van der Waals surface area contributed by atoms with Gasteiger partial charge in [0, 0.05) is 16.6 Å². The van der Waals surface area contributed by atoms with E-state index < -0.39 is 17.8 Å². The molecule has 0 aliphatic rings. The summed E-state index contributed by atoms with van der Waals surface area (Å²) in [6, 6.07) is 5.65. The van der Waals surface area contributed by atoms with Crippen molar-refractivity contribution in [1.29, 1.82) is 0 Å². The Bertz CT molecular complexity index is 574. The zero-order valence-electron chi connectivity index (χ0n) is 9.90. The molecule has 2 rings (SSSR count). The van der Waals surface area contributed by atoms with E-state index in [0.717, 1.165) is 5.56 Å². The number of benzene rings is 1. The van der Waals surface area contributed by atoms with E-state index >= 15 is 0 Å². The predicted molar refractivity (Wildman–Crippen MR) is 77.2 cm³/mol. The molecule has 1 amide bonds. The average molecular weight is 343 g/mol. The van der Waals surface area contributed by atoms with Gasteiger partial charge >= 0.3 is 0 Å². The fraction of sp³-hybridized carbons (Fsp3) is 0.154. The van der Waals surface area contributed by atoms with Gasteiger partial charge in [-0.25, -0.2) is 4.39 Å². The van der Waals surface area contributed by atoms with Gasteiger partial charge in [-0.1, -0.05) is 22.0 Å². The molecule has 0 spiro atoms. The smallest absolute Gasteiger partial charge is 0.239 e. The molecular weight excluding hydrogens is 331 g/mol. The molecule has 100 valence electrons. The van der Waals surface area contributed by atoms with Gasteiger partial charge in [-0.2, -0.15) is 11.3 Å². The van der Waals surface area contributed by atoms with E-state index in [0.29, 0.717) is 11.0 Å². The average Bonchev–Trinajstić information content (AvgIpc) is 2.84. The van der Waals surface area contributed by atoms with Gasteiger partial charge < -0.3 is 5.73 Å². The Labute approximate surface area is 122 Å². The van der Waals surface area contributed by atoms with Crippen molar-refractivity contribution in [1.82, 2.24) is 5.32 Å². The molecule has 2 aromatic rings. The van der Waals surface area contributed by atoms with E-state index in [4.69, 9.17) is 5.73 Å². The Kier molecular flexibility index (Phi) is 4.68. The van der Waals surface area contributed by atoms with Crippen molar-refractivity contribution in [2.75, 3.05) is 0 Å². The van der Waals surface area contributed by atoms with Crippen LogP contribution in [0.1, 0.15) is 17.2 Å². The molecule has 1 aromatic heterocycles. The molecule has 0 aliphatic carbocycles. The normalized spacial score (nSPS) is 12.3. The predicted octanol–water partition coefficient (Wildman–Crippen LogP) is 2.97. The summed E-state index contributed by atoms with van der Waals surface area (Å²) < 4.78 is 14.5. The maximum absolute atomic E-state index is 13.9. The van der Waals surface area contributed by atoms with Gasteiger partial charge in [-0.05, 0) is 34.5 Å². The van der Waals surface area contributed by atoms with Crippen molar-refractivity contribution in [3.8, 4) is 0 Å². The number of carbonyl (C=O) groups excluding carboxylic acids is 1. The van der Waals surface area contributed by atoms with Crippen molar-refractivity contribution in [2.24, 2.45) is 5.73 Å². The zero-order chi connectivity index (χ0) is 13.8. The summed E-state index contributed by atoms with van der Waals surface area (Å²) in [5.74, 6) is -1.06. The van der Waals surface area contributed by atoms with Gasteiger partial charge in [-0.3, -0.25) is 10.1 Å². The highest BCUT2D eigenvalue weighted by molar-refractivity contribution is 9.10. The number of rotatable bonds is 5. The van der Waals surface area contributed by atoms with Crippen LogP contribution < -0.4 is 11.1 Å². The highest BCUT2D eigenvalue weighted by Gasteiger charge is 2.20. The van der Waals surface area contributed by atoms with Gasteiger partial charge in [0.1, 0.15) is 11.9 Å². The first-order valence-corrected chi connectivity index (χ1v) is 7.30. The third-order valence-electron chi connectivity index (χ3n) is 2.65. The van der Waals surface area contributed by atoms with Crippen molar-refractivity contribution in [2.45, 2.75) is 12.6 Å². The highest BCUT2D eigenvalue weighted by atomic mass is 79.9. The minimum absolute atomic E-state index is 0.255. The molecule has 3 nitrogen and oxygen atoms in total. The molecule has 1 heterocycles. The molecule has 0 bridgehead atoms. The number of nitrogens with one attached hydrogen (secondary N) is 1. The van der Waals surface area contributed by atoms with Crippen LogP contribution in [0.5, 0.6) is 0 Å². The number of primary amides is 1. The van der Waals surface area contributed by atoms with Crippen LogP contribution in [0.4, 0.5) is 4.39 Å². The fourth-order valence-electron chi connectivity index (χ4n) is 1.71. The van der Waals surface area contributed by atoms with Crippen LogP contribution in [0.25, 0.3) is 0 Å². The Morgan fingerprint density at radius 3 is 2.84 bits per heavy atom. The molecule has 6 heteroatoms. The largest absolute Gasteiger partial charge is 0.368 e. The van der Waals surface area contributed by atoms with E-state index in [9.17, 15) is 9.18 Å². The molecule has 0 unspecified atom stereocenters. The minimum Gasteiger partial charge on any atom is -0.368 e. The first-order valence-electron chi connectivity index (χ1n) is 5.56. The van der Waals surface area contributed by atoms with E-state index in [2.05, 4.69) is 21.2 Å². The maximum atomic E-state index is 13.9. The van der Waals surface area contributed by atoms with Crippen molar-refractivity contribution < 1.29 is 9.18 Å². The summed E-state index contributed by atoms with van der Waals surface area (Å²) in [6.45, 7) is 0.465. The van der Waals surface area contributed by atoms with Crippen LogP contribution in [-0.2, 0) is 11.3 Å². The standard InChI is InChI=1S/C13H12BrFN2OS/c14-9-1-2-10(11(15)5-9)12(13(16)18)17-6-8-3-4-19-7-8/h1-5,7,12,17H,6H2,(H2,16,18)/t12-/m0/s1. The molecule has 3 N–H and O–H groups in total.